The predicted octanol–water partition coefficient (Wildman–Crippen LogP) is 3.18. The standard InChI is InChI=1S/C18H20ClN3O2/c1-12(14-7-9-20-10-8-14)21-18(24)11-17(22-13(2)23)15-3-5-16(19)6-4-15/h3-10,12,17H,11H2,1-2H3,(H,21,24)(H,22,23)/t12-,17+/m0/s1. The molecule has 0 aliphatic carbocycles. The van der Waals surface area contributed by atoms with Crippen molar-refractivity contribution < 1.29 is 9.59 Å². The van der Waals surface area contributed by atoms with E-state index in [-0.39, 0.29) is 24.3 Å². The van der Waals surface area contributed by atoms with Crippen LogP contribution in [0.2, 0.25) is 5.02 Å². The third-order valence-electron chi connectivity index (χ3n) is 3.62. The van der Waals surface area contributed by atoms with Crippen molar-refractivity contribution in [3.8, 4) is 0 Å². The van der Waals surface area contributed by atoms with Gasteiger partial charge in [-0.3, -0.25) is 14.6 Å². The van der Waals surface area contributed by atoms with Crippen molar-refractivity contribution in [2.75, 3.05) is 0 Å². The molecular weight excluding hydrogens is 326 g/mol. The van der Waals surface area contributed by atoms with Crippen LogP contribution < -0.4 is 10.6 Å². The molecule has 5 nitrogen and oxygen atoms in total. The molecule has 2 aromatic rings. The van der Waals surface area contributed by atoms with Crippen LogP contribution in [0.1, 0.15) is 43.5 Å². The number of pyridine rings is 1. The van der Waals surface area contributed by atoms with Crippen LogP contribution in [-0.4, -0.2) is 16.8 Å². The molecule has 0 spiro atoms. The fourth-order valence-electron chi connectivity index (χ4n) is 2.41. The van der Waals surface area contributed by atoms with Gasteiger partial charge in [0.05, 0.1) is 18.5 Å². The van der Waals surface area contributed by atoms with Gasteiger partial charge in [0.25, 0.3) is 0 Å². The van der Waals surface area contributed by atoms with E-state index in [1.54, 1.807) is 24.5 Å². The molecule has 1 aromatic carbocycles. The van der Waals surface area contributed by atoms with Gasteiger partial charge in [0.1, 0.15) is 0 Å². The van der Waals surface area contributed by atoms with Gasteiger partial charge in [0.2, 0.25) is 11.8 Å². The maximum atomic E-state index is 12.4. The molecular formula is C18H20ClN3O2. The first-order valence-corrected chi connectivity index (χ1v) is 8.05. The minimum atomic E-state index is -0.399. The smallest absolute Gasteiger partial charge is 0.222 e. The largest absolute Gasteiger partial charge is 0.350 e. The zero-order valence-corrected chi connectivity index (χ0v) is 14.4. The Morgan fingerprint density at radius 1 is 1.04 bits per heavy atom. The Labute approximate surface area is 146 Å². The minimum Gasteiger partial charge on any atom is -0.350 e. The SMILES string of the molecule is CC(=O)N[C@H](CC(=O)N[C@@H](C)c1ccncc1)c1ccc(Cl)cc1. The molecule has 0 radical (unpaired) electrons. The number of nitrogens with one attached hydrogen (secondary N) is 2. The number of carbonyl (C=O) groups excluding carboxylic acids is 2. The van der Waals surface area contributed by atoms with Crippen LogP contribution in [-0.2, 0) is 9.59 Å². The molecule has 0 fully saturated rings. The molecule has 1 aromatic heterocycles. The van der Waals surface area contributed by atoms with Crippen molar-refractivity contribution in [3.05, 3.63) is 64.9 Å². The van der Waals surface area contributed by atoms with E-state index in [0.29, 0.717) is 5.02 Å². The summed E-state index contributed by atoms with van der Waals surface area (Å²) in [6, 6.07) is 10.3. The summed E-state index contributed by atoms with van der Waals surface area (Å²) in [4.78, 5) is 27.8. The van der Waals surface area contributed by atoms with Crippen molar-refractivity contribution in [1.29, 1.82) is 0 Å². The molecule has 2 rings (SSSR count). The zero-order valence-electron chi connectivity index (χ0n) is 13.6. The second-order valence-corrected chi connectivity index (χ2v) is 6.01. The highest BCUT2D eigenvalue weighted by molar-refractivity contribution is 6.30. The van der Waals surface area contributed by atoms with Crippen LogP contribution >= 0.6 is 11.6 Å². The fourth-order valence-corrected chi connectivity index (χ4v) is 2.54. The average molecular weight is 346 g/mol. The number of benzene rings is 1. The first kappa shape index (κ1) is 17.9. The third-order valence-corrected chi connectivity index (χ3v) is 3.87. The van der Waals surface area contributed by atoms with Crippen LogP contribution in [0.25, 0.3) is 0 Å². The van der Waals surface area contributed by atoms with Gasteiger partial charge in [-0.2, -0.15) is 0 Å². The van der Waals surface area contributed by atoms with Crippen LogP contribution in [0, 0.1) is 0 Å². The Morgan fingerprint density at radius 2 is 1.67 bits per heavy atom. The number of rotatable bonds is 6. The van der Waals surface area contributed by atoms with Crippen LogP contribution in [0.5, 0.6) is 0 Å². The Hall–Kier alpha value is -2.40. The molecule has 24 heavy (non-hydrogen) atoms. The Kier molecular flexibility index (Phi) is 6.32. The van der Waals surface area contributed by atoms with Crippen LogP contribution in [0.15, 0.2) is 48.8 Å². The highest BCUT2D eigenvalue weighted by atomic mass is 35.5. The number of nitrogens with zero attached hydrogens (tertiary/aromatic N) is 1. The summed E-state index contributed by atoms with van der Waals surface area (Å²) in [5.74, 6) is -0.335. The lowest BCUT2D eigenvalue weighted by molar-refractivity contribution is -0.123. The molecule has 0 unspecified atom stereocenters. The summed E-state index contributed by atoms with van der Waals surface area (Å²) < 4.78 is 0. The van der Waals surface area contributed by atoms with E-state index in [1.807, 2.05) is 31.2 Å². The topological polar surface area (TPSA) is 71.1 Å². The molecule has 0 aliphatic heterocycles. The molecule has 126 valence electrons. The number of amides is 2. The average Bonchev–Trinajstić information content (AvgIpc) is 2.55. The number of hydrogen-bond donors (Lipinski definition) is 2. The molecule has 2 atom stereocenters. The molecule has 2 N–H and O–H groups in total. The summed E-state index contributed by atoms with van der Waals surface area (Å²) in [7, 11) is 0. The van der Waals surface area contributed by atoms with E-state index < -0.39 is 6.04 Å². The summed E-state index contributed by atoms with van der Waals surface area (Å²) in [6.07, 6.45) is 3.52. The Morgan fingerprint density at radius 3 is 2.25 bits per heavy atom. The first-order chi connectivity index (χ1) is 11.5. The number of hydrogen-bond acceptors (Lipinski definition) is 3. The quantitative estimate of drug-likeness (QED) is 0.844. The van der Waals surface area contributed by atoms with Gasteiger partial charge < -0.3 is 10.6 Å². The highest BCUT2D eigenvalue weighted by Gasteiger charge is 2.18. The fraction of sp³-hybridized carbons (Fsp3) is 0.278. The molecule has 2 amide bonds. The maximum absolute atomic E-state index is 12.4. The Bertz CT molecular complexity index is 689. The number of halogens is 1. The monoisotopic (exact) mass is 345 g/mol. The van der Waals surface area contributed by atoms with Crippen molar-refractivity contribution in [2.24, 2.45) is 0 Å². The van der Waals surface area contributed by atoms with Crippen LogP contribution in [0.4, 0.5) is 0 Å². The van der Waals surface area contributed by atoms with E-state index in [4.69, 9.17) is 11.6 Å². The minimum absolute atomic E-state index is 0.135. The molecule has 1 heterocycles. The summed E-state index contributed by atoms with van der Waals surface area (Å²) in [6.45, 7) is 3.34. The molecule has 0 aliphatic rings. The van der Waals surface area contributed by atoms with Gasteiger partial charge in [-0.05, 0) is 42.3 Å². The normalized spacial score (nSPS) is 13.0. The van der Waals surface area contributed by atoms with E-state index in [0.717, 1.165) is 11.1 Å². The zero-order chi connectivity index (χ0) is 17.5. The van der Waals surface area contributed by atoms with Crippen molar-refractivity contribution in [3.63, 3.8) is 0 Å². The van der Waals surface area contributed by atoms with E-state index in [9.17, 15) is 9.59 Å². The van der Waals surface area contributed by atoms with Gasteiger partial charge >= 0.3 is 0 Å². The lowest BCUT2D eigenvalue weighted by Crippen LogP contribution is -2.33. The molecule has 6 heteroatoms. The molecule has 0 bridgehead atoms. The second-order valence-electron chi connectivity index (χ2n) is 5.58. The van der Waals surface area contributed by atoms with E-state index >= 15 is 0 Å². The highest BCUT2D eigenvalue weighted by Crippen LogP contribution is 2.20. The second kappa shape index (κ2) is 8.45. The summed E-state index contributed by atoms with van der Waals surface area (Å²) >= 11 is 5.89. The van der Waals surface area contributed by atoms with E-state index in [2.05, 4.69) is 15.6 Å². The maximum Gasteiger partial charge on any atom is 0.222 e. The summed E-state index contributed by atoms with van der Waals surface area (Å²) in [5, 5.41) is 6.35. The number of aromatic nitrogens is 1. The van der Waals surface area contributed by atoms with Crippen molar-refractivity contribution in [1.82, 2.24) is 15.6 Å². The molecule has 0 saturated carbocycles. The third kappa shape index (κ3) is 5.35. The first-order valence-electron chi connectivity index (χ1n) is 7.67. The Balaban J connectivity index is 2.04. The van der Waals surface area contributed by atoms with Gasteiger partial charge in [-0.15, -0.1) is 0 Å². The lowest BCUT2D eigenvalue weighted by atomic mass is 10.0. The van der Waals surface area contributed by atoms with Gasteiger partial charge in [0.15, 0.2) is 0 Å². The van der Waals surface area contributed by atoms with Crippen LogP contribution in [0.3, 0.4) is 0 Å². The van der Waals surface area contributed by atoms with E-state index in [1.165, 1.54) is 6.92 Å². The van der Waals surface area contributed by atoms with Gasteiger partial charge in [-0.25, -0.2) is 0 Å². The molecule has 0 saturated heterocycles. The van der Waals surface area contributed by atoms with Crippen molar-refractivity contribution in [2.45, 2.75) is 32.4 Å². The van der Waals surface area contributed by atoms with Crippen molar-refractivity contribution >= 4 is 23.4 Å². The summed E-state index contributed by atoms with van der Waals surface area (Å²) in [5.41, 5.74) is 1.81. The number of carbonyl (C=O) groups is 2. The predicted molar refractivity (Wildman–Crippen MR) is 93.4 cm³/mol. The van der Waals surface area contributed by atoms with Gasteiger partial charge in [0, 0.05) is 24.3 Å². The van der Waals surface area contributed by atoms with Gasteiger partial charge in [-0.1, -0.05) is 23.7 Å². The lowest BCUT2D eigenvalue weighted by Gasteiger charge is -2.20.